The molecule has 2 fully saturated rings. The first-order valence-corrected chi connectivity index (χ1v) is 14.6. The first-order chi connectivity index (χ1) is 21.0. The number of carbonyl (C=O) groups excluding carboxylic acids is 1. The van der Waals surface area contributed by atoms with Crippen LogP contribution >= 0.6 is 0 Å². The van der Waals surface area contributed by atoms with Crippen LogP contribution in [-0.2, 0) is 19.0 Å². The van der Waals surface area contributed by atoms with E-state index in [1.165, 1.54) is 5.56 Å². The third kappa shape index (κ3) is 4.62. The zero-order chi connectivity index (χ0) is 29.7. The Labute approximate surface area is 249 Å². The van der Waals surface area contributed by atoms with Crippen molar-refractivity contribution >= 4 is 33.9 Å². The second-order valence-electron chi connectivity index (χ2n) is 11.4. The molecular formula is C32H35N5O6. The van der Waals surface area contributed by atoms with Gasteiger partial charge in [-0.3, -0.25) is 9.78 Å². The third-order valence-corrected chi connectivity index (χ3v) is 9.05. The maximum absolute atomic E-state index is 11.8. The van der Waals surface area contributed by atoms with Gasteiger partial charge >= 0.3 is 6.01 Å². The average molecular weight is 586 g/mol. The number of amides is 1. The molecular weight excluding hydrogens is 550 g/mol. The predicted octanol–water partition coefficient (Wildman–Crippen LogP) is 4.10. The molecule has 4 aromatic rings. The molecule has 2 aliphatic heterocycles. The molecule has 0 spiro atoms. The summed E-state index contributed by atoms with van der Waals surface area (Å²) >= 11 is 0. The van der Waals surface area contributed by atoms with Crippen molar-refractivity contribution < 1.29 is 28.5 Å². The topological polar surface area (TPSA) is 108 Å². The number of rotatable bonds is 10. The van der Waals surface area contributed by atoms with Crippen LogP contribution in [0, 0.1) is 0 Å². The summed E-state index contributed by atoms with van der Waals surface area (Å²) in [7, 11) is 4.74. The van der Waals surface area contributed by atoms with Gasteiger partial charge < -0.3 is 33.5 Å². The Bertz CT molecular complexity index is 1680. The lowest BCUT2D eigenvalue weighted by molar-refractivity contribution is -0.123. The SMILES string of the molecule is COCOc1cc2c3c(cccc3c1)C(C)c1c-2ncc2c(N3CC4CCC(C3)N4C=O)nc(OCC(OC)OC)nc12. The first kappa shape index (κ1) is 27.8. The van der Waals surface area contributed by atoms with Crippen LogP contribution in [0.1, 0.15) is 36.8 Å². The second kappa shape index (κ2) is 11.2. The number of fused-ring (bicyclic) bond motifs is 6. The van der Waals surface area contributed by atoms with Crippen molar-refractivity contribution in [3.05, 3.63) is 47.7 Å². The third-order valence-electron chi connectivity index (χ3n) is 9.05. The highest BCUT2D eigenvalue weighted by Crippen LogP contribution is 2.49. The van der Waals surface area contributed by atoms with E-state index >= 15 is 0 Å². The van der Waals surface area contributed by atoms with Gasteiger partial charge in [-0.2, -0.15) is 9.97 Å². The van der Waals surface area contributed by atoms with Crippen LogP contribution in [0.15, 0.2) is 36.5 Å². The molecule has 3 unspecified atom stereocenters. The number of nitrogens with zero attached hydrogens (tertiary/aromatic N) is 5. The van der Waals surface area contributed by atoms with Crippen LogP contribution in [0.3, 0.4) is 0 Å². The van der Waals surface area contributed by atoms with Crippen molar-refractivity contribution in [1.82, 2.24) is 19.9 Å². The lowest BCUT2D eigenvalue weighted by Gasteiger charge is -2.40. The number of pyridine rings is 1. The molecule has 224 valence electrons. The fourth-order valence-corrected chi connectivity index (χ4v) is 7.00. The van der Waals surface area contributed by atoms with E-state index in [4.69, 9.17) is 38.6 Å². The maximum Gasteiger partial charge on any atom is 0.319 e. The maximum atomic E-state index is 11.8. The van der Waals surface area contributed by atoms with E-state index in [-0.39, 0.29) is 37.4 Å². The quantitative estimate of drug-likeness (QED) is 0.199. The minimum atomic E-state index is -0.560. The Hall–Kier alpha value is -4.06. The van der Waals surface area contributed by atoms with Crippen LogP contribution in [0.5, 0.6) is 11.8 Å². The number of benzene rings is 2. The van der Waals surface area contributed by atoms with Gasteiger partial charge in [-0.1, -0.05) is 25.1 Å². The lowest BCUT2D eigenvalue weighted by Crippen LogP contribution is -2.53. The molecule has 2 saturated heterocycles. The molecule has 3 aliphatic rings. The van der Waals surface area contributed by atoms with E-state index in [1.54, 1.807) is 21.3 Å². The van der Waals surface area contributed by atoms with E-state index in [2.05, 4.69) is 30.0 Å². The average Bonchev–Trinajstić information content (AvgIpc) is 3.28. The number of hydrogen-bond acceptors (Lipinski definition) is 10. The molecule has 0 N–H and O–H groups in total. The number of carbonyl (C=O) groups is 1. The molecule has 0 radical (unpaired) electrons. The molecule has 3 atom stereocenters. The molecule has 4 heterocycles. The Morgan fingerprint density at radius 2 is 1.84 bits per heavy atom. The highest BCUT2D eigenvalue weighted by molar-refractivity contribution is 6.06. The predicted molar refractivity (Wildman–Crippen MR) is 161 cm³/mol. The van der Waals surface area contributed by atoms with Gasteiger partial charge in [-0.05, 0) is 41.3 Å². The smallest absolute Gasteiger partial charge is 0.319 e. The molecule has 11 nitrogen and oxygen atoms in total. The van der Waals surface area contributed by atoms with Crippen molar-refractivity contribution in [3.63, 3.8) is 0 Å². The van der Waals surface area contributed by atoms with Crippen LogP contribution in [0.2, 0.25) is 0 Å². The van der Waals surface area contributed by atoms with Crippen LogP contribution in [0.25, 0.3) is 32.9 Å². The Balaban J connectivity index is 1.41. The minimum Gasteiger partial charge on any atom is -0.468 e. The highest BCUT2D eigenvalue weighted by Gasteiger charge is 2.40. The van der Waals surface area contributed by atoms with Gasteiger partial charge in [-0.15, -0.1) is 0 Å². The summed E-state index contributed by atoms with van der Waals surface area (Å²) in [6, 6.07) is 11.0. The van der Waals surface area contributed by atoms with Crippen LogP contribution in [0.4, 0.5) is 5.82 Å². The number of anilines is 1. The number of methoxy groups -OCH3 is 3. The monoisotopic (exact) mass is 585 g/mol. The van der Waals surface area contributed by atoms with Gasteiger partial charge in [0.2, 0.25) is 6.41 Å². The van der Waals surface area contributed by atoms with Crippen LogP contribution < -0.4 is 14.4 Å². The summed E-state index contributed by atoms with van der Waals surface area (Å²) in [6.07, 6.45) is 4.27. The van der Waals surface area contributed by atoms with Gasteiger partial charge in [0.05, 0.1) is 16.6 Å². The molecule has 0 saturated carbocycles. The highest BCUT2D eigenvalue weighted by atomic mass is 16.7. The minimum absolute atomic E-state index is 0.0116. The summed E-state index contributed by atoms with van der Waals surface area (Å²) in [4.78, 5) is 31.0. The molecule has 1 amide bonds. The van der Waals surface area contributed by atoms with Crippen molar-refractivity contribution in [3.8, 4) is 23.0 Å². The van der Waals surface area contributed by atoms with Gasteiger partial charge in [0.25, 0.3) is 0 Å². The first-order valence-electron chi connectivity index (χ1n) is 14.6. The summed E-state index contributed by atoms with van der Waals surface area (Å²) in [5, 5.41) is 3.10. The normalized spacial score (nSPS) is 20.6. The van der Waals surface area contributed by atoms with Crippen molar-refractivity contribution in [2.45, 2.75) is 44.1 Å². The van der Waals surface area contributed by atoms with E-state index < -0.39 is 6.29 Å². The summed E-state index contributed by atoms with van der Waals surface area (Å²) in [6.45, 7) is 3.86. The van der Waals surface area contributed by atoms with E-state index in [0.717, 1.165) is 63.6 Å². The standard InChI is InChI=1S/C32H35N5O6/c1-18-23-7-5-6-19-10-22(43-17-39-2)11-24(28(19)23)29-27(18)30-25(12-33-29)31(35-32(34-30)42-15-26(40-3)41-4)36-13-20-8-9-21(14-36)37(20)16-38/h5-7,10-12,16,18,20-21,26H,8-9,13-15,17H2,1-4H3. The lowest BCUT2D eigenvalue weighted by atomic mass is 9.79. The van der Waals surface area contributed by atoms with E-state index in [0.29, 0.717) is 18.8 Å². The molecule has 11 heteroatoms. The number of ether oxygens (including phenoxy) is 5. The van der Waals surface area contributed by atoms with E-state index in [9.17, 15) is 4.79 Å². The molecule has 7 rings (SSSR count). The fraction of sp³-hybridized carbons (Fsp3) is 0.438. The number of hydrogen-bond donors (Lipinski definition) is 0. The van der Waals surface area contributed by atoms with E-state index in [1.807, 2.05) is 23.2 Å². The number of aromatic nitrogens is 3. The van der Waals surface area contributed by atoms with Crippen molar-refractivity contribution in [1.29, 1.82) is 0 Å². The Morgan fingerprint density at radius 1 is 1.05 bits per heavy atom. The summed E-state index contributed by atoms with van der Waals surface area (Å²) < 4.78 is 27.9. The second-order valence-corrected chi connectivity index (χ2v) is 11.4. The van der Waals surface area contributed by atoms with Crippen LogP contribution in [-0.4, -0.2) is 92.5 Å². The van der Waals surface area contributed by atoms with Crippen molar-refractivity contribution in [2.75, 3.05) is 52.7 Å². The van der Waals surface area contributed by atoms with Gasteiger partial charge in [0.15, 0.2) is 13.1 Å². The fourth-order valence-electron chi connectivity index (χ4n) is 7.00. The molecule has 43 heavy (non-hydrogen) atoms. The Morgan fingerprint density at radius 3 is 2.56 bits per heavy atom. The molecule has 2 aromatic carbocycles. The number of piperazine rings is 1. The van der Waals surface area contributed by atoms with Gasteiger partial charge in [-0.25, -0.2) is 0 Å². The zero-order valence-electron chi connectivity index (χ0n) is 24.8. The molecule has 2 aromatic heterocycles. The zero-order valence-corrected chi connectivity index (χ0v) is 24.8. The molecule has 2 bridgehead atoms. The summed E-state index contributed by atoms with van der Waals surface area (Å²) in [5.41, 5.74) is 4.86. The largest absolute Gasteiger partial charge is 0.468 e. The summed E-state index contributed by atoms with van der Waals surface area (Å²) in [5.74, 6) is 1.49. The molecule has 1 aliphatic carbocycles. The Kier molecular flexibility index (Phi) is 7.24. The van der Waals surface area contributed by atoms with Gasteiger partial charge in [0, 0.05) is 69.7 Å². The van der Waals surface area contributed by atoms with Crippen molar-refractivity contribution in [2.24, 2.45) is 0 Å². The van der Waals surface area contributed by atoms with Gasteiger partial charge in [0.1, 0.15) is 18.2 Å².